The SMILES string of the molecule is O=P(O)(O)COS(=O)(=O)c1ccc(Oc2ccccc2)cc1. The second kappa shape index (κ2) is 6.60. The fourth-order valence-electron chi connectivity index (χ4n) is 1.51. The molecule has 0 spiro atoms. The smallest absolute Gasteiger partial charge is 0.352 e. The van der Waals surface area contributed by atoms with Crippen LogP contribution in [0.15, 0.2) is 59.5 Å². The molecule has 22 heavy (non-hydrogen) atoms. The third-order valence-corrected chi connectivity index (χ3v) is 4.39. The average molecular weight is 344 g/mol. The number of ether oxygens (including phenoxy) is 1. The average Bonchev–Trinajstić information content (AvgIpc) is 2.46. The Hall–Kier alpha value is -1.70. The maximum absolute atomic E-state index is 11.7. The molecule has 0 aromatic heterocycles. The topological polar surface area (TPSA) is 110 Å². The van der Waals surface area contributed by atoms with Crippen LogP contribution in [0.2, 0.25) is 0 Å². The maximum atomic E-state index is 11.7. The second-order valence-electron chi connectivity index (χ2n) is 4.25. The molecule has 0 saturated heterocycles. The van der Waals surface area contributed by atoms with Crippen molar-refractivity contribution in [1.29, 1.82) is 0 Å². The van der Waals surface area contributed by atoms with Crippen molar-refractivity contribution in [1.82, 2.24) is 0 Å². The minimum atomic E-state index is -4.56. The first-order valence-corrected chi connectivity index (χ1v) is 9.24. The van der Waals surface area contributed by atoms with Gasteiger partial charge in [-0.25, -0.2) is 0 Å². The van der Waals surface area contributed by atoms with Crippen molar-refractivity contribution in [3.05, 3.63) is 54.6 Å². The van der Waals surface area contributed by atoms with Crippen LogP contribution in [0.4, 0.5) is 0 Å². The van der Waals surface area contributed by atoms with Crippen molar-refractivity contribution in [3.8, 4) is 11.5 Å². The highest BCUT2D eigenvalue weighted by Gasteiger charge is 2.22. The first kappa shape index (κ1) is 16.7. The highest BCUT2D eigenvalue weighted by Crippen LogP contribution is 2.35. The molecule has 9 heteroatoms. The fourth-order valence-corrected chi connectivity index (χ4v) is 3.21. The standard InChI is InChI=1S/C13H13O7PS/c14-21(15,16)10-19-22(17,18)13-8-6-12(7-9-13)20-11-4-2-1-3-5-11/h1-9H,10H2,(H2,14,15,16). The summed E-state index contributed by atoms with van der Waals surface area (Å²) in [4.78, 5) is 17.1. The predicted molar refractivity (Wildman–Crippen MR) is 78.1 cm³/mol. The molecule has 0 amide bonds. The lowest BCUT2D eigenvalue weighted by molar-refractivity contribution is 0.301. The van der Waals surface area contributed by atoms with E-state index in [0.717, 1.165) is 0 Å². The van der Waals surface area contributed by atoms with Gasteiger partial charge < -0.3 is 14.5 Å². The molecule has 118 valence electrons. The molecule has 0 aliphatic rings. The molecule has 0 atom stereocenters. The van der Waals surface area contributed by atoms with Gasteiger partial charge in [-0.3, -0.25) is 8.75 Å². The summed E-state index contributed by atoms with van der Waals surface area (Å²) in [5, 5.41) is 0. The molecule has 0 saturated carbocycles. The fraction of sp³-hybridized carbons (Fsp3) is 0.0769. The molecule has 2 rings (SSSR count). The Kier molecular flexibility index (Phi) is 5.00. The van der Waals surface area contributed by atoms with Crippen LogP contribution in [0, 0.1) is 0 Å². The molecule has 0 unspecified atom stereocenters. The van der Waals surface area contributed by atoms with Gasteiger partial charge in [-0.15, -0.1) is 0 Å². The summed E-state index contributed by atoms with van der Waals surface area (Å²) >= 11 is 0. The Morgan fingerprint density at radius 1 is 0.909 bits per heavy atom. The van der Waals surface area contributed by atoms with Crippen LogP contribution in [-0.2, 0) is 18.9 Å². The van der Waals surface area contributed by atoms with E-state index in [0.29, 0.717) is 11.5 Å². The zero-order valence-corrected chi connectivity index (χ0v) is 12.9. The van der Waals surface area contributed by atoms with Gasteiger partial charge in [0.25, 0.3) is 10.1 Å². The molecular weight excluding hydrogens is 331 g/mol. The summed E-state index contributed by atoms with van der Waals surface area (Å²) in [6.07, 6.45) is -1.20. The first-order chi connectivity index (χ1) is 10.3. The van der Waals surface area contributed by atoms with Crippen LogP contribution in [0.3, 0.4) is 0 Å². The van der Waals surface area contributed by atoms with Crippen LogP contribution in [0.1, 0.15) is 0 Å². The number of benzene rings is 2. The van der Waals surface area contributed by atoms with Crippen LogP contribution in [-0.4, -0.2) is 24.6 Å². The highest BCUT2D eigenvalue weighted by molar-refractivity contribution is 7.87. The Bertz CT molecular complexity index is 766. The molecule has 0 fully saturated rings. The van der Waals surface area contributed by atoms with Crippen molar-refractivity contribution in [2.75, 3.05) is 6.35 Å². The molecule has 0 heterocycles. The van der Waals surface area contributed by atoms with E-state index in [1.807, 2.05) is 6.07 Å². The van der Waals surface area contributed by atoms with Crippen molar-refractivity contribution in [2.45, 2.75) is 4.90 Å². The van der Waals surface area contributed by atoms with Crippen molar-refractivity contribution < 1.29 is 31.7 Å². The Morgan fingerprint density at radius 2 is 1.45 bits per heavy atom. The molecular formula is C13H13O7PS. The summed E-state index contributed by atoms with van der Waals surface area (Å²) in [5.41, 5.74) is 0. The second-order valence-corrected chi connectivity index (χ2v) is 7.46. The number of hydrogen-bond donors (Lipinski definition) is 2. The van der Waals surface area contributed by atoms with Crippen LogP contribution in [0.5, 0.6) is 11.5 Å². The summed E-state index contributed by atoms with van der Waals surface area (Å²) in [7, 11) is -8.79. The van der Waals surface area contributed by atoms with E-state index < -0.39 is 24.1 Å². The van der Waals surface area contributed by atoms with E-state index in [9.17, 15) is 13.0 Å². The van der Waals surface area contributed by atoms with Crippen LogP contribution < -0.4 is 4.74 Å². The Morgan fingerprint density at radius 3 is 2.00 bits per heavy atom. The van der Waals surface area contributed by atoms with E-state index >= 15 is 0 Å². The van der Waals surface area contributed by atoms with Gasteiger partial charge in [0.2, 0.25) is 0 Å². The minimum Gasteiger partial charge on any atom is -0.457 e. The molecule has 2 N–H and O–H groups in total. The van der Waals surface area contributed by atoms with Gasteiger partial charge in [0, 0.05) is 0 Å². The lowest BCUT2D eigenvalue weighted by atomic mass is 10.3. The van der Waals surface area contributed by atoms with Gasteiger partial charge in [0.15, 0.2) is 6.35 Å². The summed E-state index contributed by atoms with van der Waals surface area (Å²) < 4.78 is 43.9. The quantitative estimate of drug-likeness (QED) is 0.611. The normalized spacial score (nSPS) is 12.1. The van der Waals surface area contributed by atoms with Crippen LogP contribution in [0.25, 0.3) is 0 Å². The van der Waals surface area contributed by atoms with Gasteiger partial charge in [-0.1, -0.05) is 18.2 Å². The third kappa shape index (κ3) is 4.94. The lowest BCUT2D eigenvalue weighted by Crippen LogP contribution is -2.07. The zero-order valence-electron chi connectivity index (χ0n) is 11.2. The summed E-state index contributed by atoms with van der Waals surface area (Å²) in [6, 6.07) is 14.2. The monoisotopic (exact) mass is 344 g/mol. The molecule has 2 aromatic rings. The molecule has 0 aliphatic carbocycles. The third-order valence-electron chi connectivity index (χ3n) is 2.47. The predicted octanol–water partition coefficient (Wildman–Crippen LogP) is 2.32. The minimum absolute atomic E-state index is 0.221. The van der Waals surface area contributed by atoms with Crippen LogP contribution >= 0.6 is 7.60 Å². The molecule has 0 radical (unpaired) electrons. The van der Waals surface area contributed by atoms with Crippen molar-refractivity contribution >= 4 is 17.7 Å². The van der Waals surface area contributed by atoms with Gasteiger partial charge in [0.1, 0.15) is 11.5 Å². The zero-order chi connectivity index (χ0) is 16.2. The maximum Gasteiger partial charge on any atom is 0.352 e. The van der Waals surface area contributed by atoms with E-state index in [1.165, 1.54) is 24.3 Å². The van der Waals surface area contributed by atoms with Crippen molar-refractivity contribution in [2.24, 2.45) is 0 Å². The number of para-hydroxylation sites is 1. The molecule has 0 aliphatic heterocycles. The van der Waals surface area contributed by atoms with Crippen molar-refractivity contribution in [3.63, 3.8) is 0 Å². The van der Waals surface area contributed by atoms with E-state index in [2.05, 4.69) is 4.18 Å². The first-order valence-electron chi connectivity index (χ1n) is 6.03. The largest absolute Gasteiger partial charge is 0.457 e. The number of rotatable bonds is 6. The summed E-state index contributed by atoms with van der Waals surface area (Å²) in [6.45, 7) is 0. The lowest BCUT2D eigenvalue weighted by Gasteiger charge is -2.08. The van der Waals surface area contributed by atoms with E-state index in [-0.39, 0.29) is 4.90 Å². The number of hydrogen-bond acceptors (Lipinski definition) is 5. The molecule has 7 nitrogen and oxygen atoms in total. The van der Waals surface area contributed by atoms with Gasteiger partial charge in [-0.2, -0.15) is 8.42 Å². The van der Waals surface area contributed by atoms with E-state index in [1.54, 1.807) is 24.3 Å². The molecule has 2 aromatic carbocycles. The Balaban J connectivity index is 2.09. The van der Waals surface area contributed by atoms with Gasteiger partial charge >= 0.3 is 7.60 Å². The molecule has 0 bridgehead atoms. The highest BCUT2D eigenvalue weighted by atomic mass is 32.2. The van der Waals surface area contributed by atoms with Gasteiger partial charge in [-0.05, 0) is 36.4 Å². The summed E-state index contributed by atoms with van der Waals surface area (Å²) in [5.74, 6) is 1.01. The van der Waals surface area contributed by atoms with Gasteiger partial charge in [0.05, 0.1) is 4.90 Å². The Labute approximate surface area is 127 Å². The van der Waals surface area contributed by atoms with E-state index in [4.69, 9.17) is 14.5 Å².